The predicted molar refractivity (Wildman–Crippen MR) is 119 cm³/mol. The van der Waals surface area contributed by atoms with E-state index < -0.39 is 0 Å². The first kappa shape index (κ1) is 22.3. The highest BCUT2D eigenvalue weighted by Crippen LogP contribution is 2.18. The maximum atomic E-state index is 12.5. The molecule has 28 heavy (non-hydrogen) atoms. The molecule has 0 saturated heterocycles. The minimum atomic E-state index is -0.0693. The van der Waals surface area contributed by atoms with Crippen molar-refractivity contribution in [3.63, 3.8) is 0 Å². The molecule has 1 saturated carbocycles. The number of rotatable bonds is 9. The van der Waals surface area contributed by atoms with Crippen LogP contribution in [-0.2, 0) is 4.79 Å². The van der Waals surface area contributed by atoms with Crippen molar-refractivity contribution in [3.05, 3.63) is 29.8 Å². The molecule has 2 amide bonds. The summed E-state index contributed by atoms with van der Waals surface area (Å²) < 4.78 is 0. The molecule has 1 aromatic rings. The number of anilines is 1. The number of hydrogen-bond donors (Lipinski definition) is 3. The molecule has 5 nitrogen and oxygen atoms in total. The van der Waals surface area contributed by atoms with Gasteiger partial charge in [0.1, 0.15) is 0 Å². The van der Waals surface area contributed by atoms with E-state index in [9.17, 15) is 9.59 Å². The van der Waals surface area contributed by atoms with Crippen LogP contribution in [0.25, 0.3) is 0 Å². The topological polar surface area (TPSA) is 70.2 Å². The smallest absolute Gasteiger partial charge is 0.251 e. The van der Waals surface area contributed by atoms with Crippen LogP contribution in [0.5, 0.6) is 0 Å². The van der Waals surface area contributed by atoms with Gasteiger partial charge in [0, 0.05) is 23.7 Å². The fraction of sp³-hybridized carbons (Fsp3) is 0.591. The van der Waals surface area contributed by atoms with Gasteiger partial charge in [0.05, 0.1) is 0 Å². The predicted octanol–water partition coefficient (Wildman–Crippen LogP) is 4.92. The summed E-state index contributed by atoms with van der Waals surface area (Å²) in [5.74, 6) is -0.127. The van der Waals surface area contributed by atoms with Crippen molar-refractivity contribution in [3.8, 4) is 0 Å². The summed E-state index contributed by atoms with van der Waals surface area (Å²) in [4.78, 5) is 24.5. The number of benzene rings is 1. The average Bonchev–Trinajstić information content (AvgIpc) is 2.68. The van der Waals surface area contributed by atoms with E-state index in [1.165, 1.54) is 38.5 Å². The van der Waals surface area contributed by atoms with Gasteiger partial charge in [-0.25, -0.2) is 0 Å². The molecule has 0 aromatic heterocycles. The van der Waals surface area contributed by atoms with Crippen LogP contribution in [0.1, 0.15) is 87.9 Å². The maximum absolute atomic E-state index is 12.5. The van der Waals surface area contributed by atoms with Gasteiger partial charge < -0.3 is 16.0 Å². The number of carbonyl (C=O) groups is 2. The highest BCUT2D eigenvalue weighted by molar-refractivity contribution is 7.80. The van der Waals surface area contributed by atoms with Crippen molar-refractivity contribution in [1.29, 1.82) is 0 Å². The molecular weight excluding hydrogens is 370 g/mol. The summed E-state index contributed by atoms with van der Waals surface area (Å²) in [5.41, 5.74) is 1.30. The Bertz CT molecular complexity index is 657. The Kier molecular flexibility index (Phi) is 9.97. The molecular formula is C22H33N3O2S. The zero-order valence-electron chi connectivity index (χ0n) is 16.9. The number of amides is 2. The lowest BCUT2D eigenvalue weighted by molar-refractivity contribution is -0.119. The van der Waals surface area contributed by atoms with Gasteiger partial charge in [-0.15, -0.1) is 0 Å². The van der Waals surface area contributed by atoms with Crippen LogP contribution in [0.3, 0.4) is 0 Å². The van der Waals surface area contributed by atoms with Gasteiger partial charge in [0.25, 0.3) is 5.91 Å². The third-order valence-electron chi connectivity index (χ3n) is 5.08. The third-order valence-corrected chi connectivity index (χ3v) is 5.29. The van der Waals surface area contributed by atoms with E-state index >= 15 is 0 Å². The highest BCUT2D eigenvalue weighted by atomic mass is 32.1. The summed E-state index contributed by atoms with van der Waals surface area (Å²) in [6.07, 6.45) is 11.7. The molecule has 154 valence electrons. The Morgan fingerprint density at radius 3 is 2.57 bits per heavy atom. The average molecular weight is 404 g/mol. The summed E-state index contributed by atoms with van der Waals surface area (Å²) >= 11 is 5.23. The molecule has 1 aliphatic carbocycles. The van der Waals surface area contributed by atoms with E-state index in [1.54, 1.807) is 12.1 Å². The molecule has 0 aliphatic heterocycles. The van der Waals surface area contributed by atoms with Crippen LogP contribution in [0.4, 0.5) is 5.69 Å². The van der Waals surface area contributed by atoms with Gasteiger partial charge in [-0.1, -0.05) is 57.9 Å². The summed E-state index contributed by atoms with van der Waals surface area (Å²) in [5, 5.41) is 9.10. The zero-order valence-corrected chi connectivity index (χ0v) is 17.7. The van der Waals surface area contributed by atoms with Crippen LogP contribution < -0.4 is 16.0 Å². The standard InChI is InChI=1S/C22H33N3O2S/c1-2-3-4-5-9-15-20(26)25-22(28)24-19-14-10-11-17(16-19)21(27)23-18-12-7-6-8-13-18/h10-11,14,16,18H,2-9,12-13,15H2,1H3,(H,23,27)(H2,24,25,26,28). The minimum Gasteiger partial charge on any atom is -0.349 e. The Morgan fingerprint density at radius 2 is 1.82 bits per heavy atom. The van der Waals surface area contributed by atoms with Crippen LogP contribution in [0.15, 0.2) is 24.3 Å². The van der Waals surface area contributed by atoms with Crippen molar-refractivity contribution >= 4 is 34.8 Å². The third kappa shape index (κ3) is 8.38. The molecule has 1 fully saturated rings. The Balaban J connectivity index is 1.77. The molecule has 1 aliphatic rings. The van der Waals surface area contributed by atoms with E-state index in [-0.39, 0.29) is 23.0 Å². The molecule has 3 N–H and O–H groups in total. The van der Waals surface area contributed by atoms with Gasteiger partial charge in [0.15, 0.2) is 5.11 Å². The number of nitrogens with one attached hydrogen (secondary N) is 3. The van der Waals surface area contributed by atoms with Gasteiger partial charge in [0.2, 0.25) is 5.91 Å². The summed E-state index contributed by atoms with van der Waals surface area (Å²) in [6, 6.07) is 7.48. The highest BCUT2D eigenvalue weighted by Gasteiger charge is 2.17. The van der Waals surface area contributed by atoms with Crippen LogP contribution in [0.2, 0.25) is 0 Å². The lowest BCUT2D eigenvalue weighted by Gasteiger charge is -2.22. The maximum Gasteiger partial charge on any atom is 0.251 e. The van der Waals surface area contributed by atoms with Crippen LogP contribution >= 0.6 is 12.2 Å². The van der Waals surface area contributed by atoms with E-state index in [2.05, 4.69) is 22.9 Å². The summed E-state index contributed by atoms with van der Waals surface area (Å²) in [6.45, 7) is 2.17. The molecule has 0 bridgehead atoms. The molecule has 6 heteroatoms. The van der Waals surface area contributed by atoms with Crippen molar-refractivity contribution < 1.29 is 9.59 Å². The minimum absolute atomic E-state index is 0.0578. The van der Waals surface area contributed by atoms with E-state index in [0.29, 0.717) is 17.7 Å². The van der Waals surface area contributed by atoms with Gasteiger partial charge in [-0.3, -0.25) is 9.59 Å². The number of unbranched alkanes of at least 4 members (excludes halogenated alkanes) is 4. The second-order valence-corrected chi connectivity index (χ2v) is 7.96. The quantitative estimate of drug-likeness (QED) is 0.404. The van der Waals surface area contributed by atoms with Crippen molar-refractivity contribution in [2.75, 3.05) is 5.32 Å². The van der Waals surface area contributed by atoms with E-state index in [0.717, 1.165) is 25.7 Å². The number of hydrogen-bond acceptors (Lipinski definition) is 3. The van der Waals surface area contributed by atoms with E-state index in [1.807, 2.05) is 12.1 Å². The SMILES string of the molecule is CCCCCCCC(=O)NC(=S)Nc1cccc(C(=O)NC2CCCCC2)c1. The molecule has 0 atom stereocenters. The monoisotopic (exact) mass is 403 g/mol. The molecule has 0 heterocycles. The molecule has 0 unspecified atom stereocenters. The van der Waals surface area contributed by atoms with Crippen molar-refractivity contribution in [2.24, 2.45) is 0 Å². The second kappa shape index (κ2) is 12.5. The molecule has 1 aromatic carbocycles. The van der Waals surface area contributed by atoms with Gasteiger partial charge in [-0.05, 0) is 49.7 Å². The molecule has 0 radical (unpaired) electrons. The lowest BCUT2D eigenvalue weighted by atomic mass is 9.95. The fourth-order valence-electron chi connectivity index (χ4n) is 3.49. The Hall–Kier alpha value is -1.95. The normalized spacial score (nSPS) is 14.3. The zero-order chi connectivity index (χ0) is 20.2. The van der Waals surface area contributed by atoms with Crippen molar-refractivity contribution in [1.82, 2.24) is 10.6 Å². The molecule has 0 spiro atoms. The first-order valence-electron chi connectivity index (χ1n) is 10.6. The first-order valence-corrected chi connectivity index (χ1v) is 11.0. The Labute approximate surface area is 174 Å². The largest absolute Gasteiger partial charge is 0.349 e. The van der Waals surface area contributed by atoms with Crippen molar-refractivity contribution in [2.45, 2.75) is 83.6 Å². The van der Waals surface area contributed by atoms with Crippen LogP contribution in [-0.4, -0.2) is 23.0 Å². The summed E-state index contributed by atoms with van der Waals surface area (Å²) in [7, 11) is 0. The lowest BCUT2D eigenvalue weighted by Crippen LogP contribution is -2.36. The first-order chi connectivity index (χ1) is 13.6. The Morgan fingerprint density at radius 1 is 1.07 bits per heavy atom. The van der Waals surface area contributed by atoms with E-state index in [4.69, 9.17) is 12.2 Å². The van der Waals surface area contributed by atoms with Gasteiger partial charge in [-0.2, -0.15) is 0 Å². The van der Waals surface area contributed by atoms with Gasteiger partial charge >= 0.3 is 0 Å². The van der Waals surface area contributed by atoms with Crippen LogP contribution in [0, 0.1) is 0 Å². The molecule has 2 rings (SSSR count). The fourth-order valence-corrected chi connectivity index (χ4v) is 3.73. The number of carbonyl (C=O) groups excluding carboxylic acids is 2. The number of thiocarbonyl (C=S) groups is 1. The second-order valence-electron chi connectivity index (χ2n) is 7.56.